The van der Waals surface area contributed by atoms with E-state index in [2.05, 4.69) is 25.8 Å². The number of methoxy groups -OCH3 is 1. The zero-order chi connectivity index (χ0) is 19.9. The third-order valence-corrected chi connectivity index (χ3v) is 4.91. The number of nitrogens with one attached hydrogen (secondary N) is 3. The average molecular weight is 400 g/mol. The zero-order valence-corrected chi connectivity index (χ0v) is 16.0. The number of urea groups is 1. The van der Waals surface area contributed by atoms with Gasteiger partial charge in [-0.25, -0.2) is 9.78 Å². The topological polar surface area (TPSA) is 135 Å². The first-order valence-electron chi connectivity index (χ1n) is 8.47. The van der Waals surface area contributed by atoms with Crippen molar-refractivity contribution in [2.75, 3.05) is 7.11 Å². The summed E-state index contributed by atoms with van der Waals surface area (Å²) in [7, 11) is 1.60. The van der Waals surface area contributed by atoms with E-state index < -0.39 is 12.1 Å². The molecule has 0 fully saturated rings. The van der Waals surface area contributed by atoms with Crippen molar-refractivity contribution in [3.05, 3.63) is 52.5 Å². The molecule has 2 heterocycles. The molecule has 1 unspecified atom stereocenters. The third kappa shape index (κ3) is 5.07. The summed E-state index contributed by atoms with van der Waals surface area (Å²) in [5.74, 6) is 1.56. The minimum Gasteiger partial charge on any atom is -0.497 e. The van der Waals surface area contributed by atoms with Gasteiger partial charge in [0.1, 0.15) is 11.6 Å². The van der Waals surface area contributed by atoms with Crippen molar-refractivity contribution in [3.8, 4) is 17.1 Å². The van der Waals surface area contributed by atoms with Gasteiger partial charge in [-0.3, -0.25) is 9.89 Å². The van der Waals surface area contributed by atoms with Gasteiger partial charge in [-0.05, 0) is 35.7 Å². The smallest absolute Gasteiger partial charge is 0.312 e. The van der Waals surface area contributed by atoms with E-state index in [-0.39, 0.29) is 18.9 Å². The highest BCUT2D eigenvalue weighted by molar-refractivity contribution is 7.10. The van der Waals surface area contributed by atoms with Crippen LogP contribution in [-0.2, 0) is 11.3 Å². The summed E-state index contributed by atoms with van der Waals surface area (Å²) in [6.07, 6.45) is 0.0723. The van der Waals surface area contributed by atoms with Gasteiger partial charge in [0.25, 0.3) is 0 Å². The van der Waals surface area contributed by atoms with Crippen LogP contribution in [0, 0.1) is 0 Å². The van der Waals surface area contributed by atoms with E-state index in [0.29, 0.717) is 11.6 Å². The van der Waals surface area contributed by atoms with Gasteiger partial charge < -0.3 is 21.1 Å². The fourth-order valence-corrected chi connectivity index (χ4v) is 3.35. The number of ether oxygens (including phenoxy) is 1. The van der Waals surface area contributed by atoms with Crippen molar-refractivity contribution < 1.29 is 14.3 Å². The number of rotatable bonds is 8. The number of aromatic amines is 1. The van der Waals surface area contributed by atoms with Crippen molar-refractivity contribution in [2.24, 2.45) is 5.73 Å². The minimum atomic E-state index is -0.675. The average Bonchev–Trinajstić information content (AvgIpc) is 3.38. The number of primary amides is 1. The van der Waals surface area contributed by atoms with Crippen molar-refractivity contribution in [1.82, 2.24) is 25.8 Å². The molecule has 0 bridgehead atoms. The lowest BCUT2D eigenvalue weighted by atomic mass is 10.1. The highest BCUT2D eigenvalue weighted by Crippen LogP contribution is 2.22. The molecule has 1 atom stereocenters. The molecular weight excluding hydrogens is 380 g/mol. The Morgan fingerprint density at radius 3 is 2.71 bits per heavy atom. The highest BCUT2D eigenvalue weighted by atomic mass is 32.1. The molecule has 1 aromatic carbocycles. The molecule has 0 aliphatic carbocycles. The Balaban J connectivity index is 1.56. The SMILES string of the molecule is COc1ccc(-c2n[nH]c(CNC(=O)CC(NC(N)=O)c3cccs3)n2)cc1. The van der Waals surface area contributed by atoms with E-state index in [1.54, 1.807) is 7.11 Å². The van der Waals surface area contributed by atoms with E-state index in [0.717, 1.165) is 16.2 Å². The molecular formula is C18H20N6O3S. The summed E-state index contributed by atoms with van der Waals surface area (Å²) in [6.45, 7) is 0.190. The quantitative estimate of drug-likeness (QED) is 0.458. The Labute approximate surface area is 165 Å². The monoisotopic (exact) mass is 400 g/mol. The molecule has 3 amide bonds. The first-order valence-corrected chi connectivity index (χ1v) is 9.35. The molecule has 0 aliphatic rings. The van der Waals surface area contributed by atoms with E-state index in [1.165, 1.54) is 11.3 Å². The molecule has 0 saturated heterocycles. The molecule has 28 heavy (non-hydrogen) atoms. The van der Waals surface area contributed by atoms with Crippen LogP contribution in [0.2, 0.25) is 0 Å². The van der Waals surface area contributed by atoms with Crippen LogP contribution in [-0.4, -0.2) is 34.2 Å². The van der Waals surface area contributed by atoms with Crippen LogP contribution in [0.15, 0.2) is 41.8 Å². The van der Waals surface area contributed by atoms with Crippen molar-refractivity contribution in [3.63, 3.8) is 0 Å². The Bertz CT molecular complexity index is 923. The fourth-order valence-electron chi connectivity index (χ4n) is 2.57. The van der Waals surface area contributed by atoms with Crippen molar-refractivity contribution in [2.45, 2.75) is 19.0 Å². The number of aromatic nitrogens is 3. The molecule has 0 saturated carbocycles. The van der Waals surface area contributed by atoms with Crippen LogP contribution in [0.5, 0.6) is 5.75 Å². The lowest BCUT2D eigenvalue weighted by Gasteiger charge is -2.15. The summed E-state index contributed by atoms with van der Waals surface area (Å²) in [5, 5.41) is 14.2. The molecule has 10 heteroatoms. The maximum absolute atomic E-state index is 12.3. The largest absolute Gasteiger partial charge is 0.497 e. The Morgan fingerprint density at radius 1 is 1.29 bits per heavy atom. The van der Waals surface area contributed by atoms with Crippen LogP contribution in [0.25, 0.3) is 11.4 Å². The first kappa shape index (κ1) is 19.4. The van der Waals surface area contributed by atoms with E-state index in [1.807, 2.05) is 41.8 Å². The van der Waals surface area contributed by atoms with Gasteiger partial charge in [-0.1, -0.05) is 6.07 Å². The van der Waals surface area contributed by atoms with Gasteiger partial charge in [0, 0.05) is 10.4 Å². The van der Waals surface area contributed by atoms with Gasteiger partial charge in [-0.15, -0.1) is 11.3 Å². The molecule has 5 N–H and O–H groups in total. The molecule has 2 aromatic heterocycles. The van der Waals surface area contributed by atoms with Gasteiger partial charge in [0.2, 0.25) is 5.91 Å². The second kappa shape index (κ2) is 9.00. The summed E-state index contributed by atoms with van der Waals surface area (Å²) >= 11 is 1.45. The maximum atomic E-state index is 12.3. The third-order valence-electron chi connectivity index (χ3n) is 3.93. The van der Waals surface area contributed by atoms with Gasteiger partial charge in [0.05, 0.1) is 26.1 Å². The summed E-state index contributed by atoms with van der Waals surface area (Å²) < 4.78 is 5.13. The van der Waals surface area contributed by atoms with Crippen LogP contribution in [0.4, 0.5) is 4.79 Å². The van der Waals surface area contributed by atoms with Crippen LogP contribution in [0.3, 0.4) is 0 Å². The highest BCUT2D eigenvalue weighted by Gasteiger charge is 2.18. The van der Waals surface area contributed by atoms with E-state index >= 15 is 0 Å². The molecule has 146 valence electrons. The van der Waals surface area contributed by atoms with Crippen LogP contribution in [0.1, 0.15) is 23.2 Å². The number of carbonyl (C=O) groups excluding carboxylic acids is 2. The molecule has 9 nitrogen and oxygen atoms in total. The Kier molecular flexibility index (Phi) is 6.22. The van der Waals surface area contributed by atoms with E-state index in [9.17, 15) is 9.59 Å². The van der Waals surface area contributed by atoms with Crippen molar-refractivity contribution in [1.29, 1.82) is 0 Å². The summed E-state index contributed by atoms with van der Waals surface area (Å²) in [4.78, 5) is 28.7. The van der Waals surface area contributed by atoms with Gasteiger partial charge in [0.15, 0.2) is 5.82 Å². The molecule has 3 rings (SSSR count). The maximum Gasteiger partial charge on any atom is 0.312 e. The standard InChI is InChI=1S/C18H20N6O3S/c1-27-12-6-4-11(5-7-12)17-22-15(23-24-17)10-20-16(25)9-13(21-18(19)26)14-3-2-8-28-14/h2-8,13H,9-10H2,1H3,(H,20,25)(H3,19,21,26)(H,22,23,24). The second-order valence-corrected chi connectivity index (χ2v) is 6.87. The number of benzene rings is 1. The lowest BCUT2D eigenvalue weighted by molar-refractivity contribution is -0.121. The zero-order valence-electron chi connectivity index (χ0n) is 15.1. The minimum absolute atomic E-state index is 0.0723. The van der Waals surface area contributed by atoms with Gasteiger partial charge in [-0.2, -0.15) is 5.10 Å². The second-order valence-electron chi connectivity index (χ2n) is 5.89. The normalized spacial score (nSPS) is 11.6. The van der Waals surface area contributed by atoms with Gasteiger partial charge >= 0.3 is 6.03 Å². The number of thiophene rings is 1. The number of carbonyl (C=O) groups is 2. The molecule has 0 radical (unpaired) electrons. The lowest BCUT2D eigenvalue weighted by Crippen LogP contribution is -2.36. The number of nitrogens with two attached hydrogens (primary N) is 1. The number of amides is 3. The first-order chi connectivity index (χ1) is 13.5. The number of H-pyrrole nitrogens is 1. The Hall–Kier alpha value is -3.40. The predicted molar refractivity (Wildman–Crippen MR) is 105 cm³/mol. The summed E-state index contributed by atoms with van der Waals surface area (Å²) in [5.41, 5.74) is 6.04. The fraction of sp³-hybridized carbons (Fsp3) is 0.222. The molecule has 3 aromatic rings. The van der Waals surface area contributed by atoms with Crippen molar-refractivity contribution >= 4 is 23.3 Å². The number of hydrogen-bond donors (Lipinski definition) is 4. The molecule has 0 aliphatic heterocycles. The van der Waals surface area contributed by atoms with E-state index in [4.69, 9.17) is 10.5 Å². The van der Waals surface area contributed by atoms with Crippen LogP contribution < -0.4 is 21.1 Å². The summed E-state index contributed by atoms with van der Waals surface area (Å²) in [6, 6.07) is 9.90. The van der Waals surface area contributed by atoms with Crippen LogP contribution >= 0.6 is 11.3 Å². The number of nitrogens with zero attached hydrogens (tertiary/aromatic N) is 2. The molecule has 0 spiro atoms. The predicted octanol–water partition coefficient (Wildman–Crippen LogP) is 1.96. The number of hydrogen-bond acceptors (Lipinski definition) is 6. The Morgan fingerprint density at radius 2 is 2.07 bits per heavy atom.